The van der Waals surface area contributed by atoms with Crippen LogP contribution in [0.4, 0.5) is 4.79 Å². The lowest BCUT2D eigenvalue weighted by molar-refractivity contribution is -0.115. The Morgan fingerprint density at radius 3 is 2.54 bits per heavy atom. The molecule has 0 aromatic heterocycles. The molecule has 6 nitrogen and oxygen atoms in total. The second-order valence-corrected chi connectivity index (χ2v) is 7.17. The highest BCUT2D eigenvalue weighted by molar-refractivity contribution is 14.1. The summed E-state index contributed by atoms with van der Waals surface area (Å²) in [5.74, 6) is -0.156. The van der Waals surface area contributed by atoms with E-state index < -0.39 is 11.9 Å². The van der Waals surface area contributed by atoms with Crippen LogP contribution in [-0.2, 0) is 11.4 Å². The van der Waals surface area contributed by atoms with E-state index in [4.69, 9.17) is 15.7 Å². The summed E-state index contributed by atoms with van der Waals surface area (Å²) in [7, 11) is 0. The zero-order chi connectivity index (χ0) is 19.1. The summed E-state index contributed by atoms with van der Waals surface area (Å²) in [5.41, 5.74) is 6.32. The number of rotatable bonds is 5. The number of primary amides is 1. The average Bonchev–Trinajstić information content (AvgIpc) is 2.59. The van der Waals surface area contributed by atoms with Crippen LogP contribution in [0, 0.1) is 14.9 Å². The molecule has 2 aromatic carbocycles. The first-order valence-electron chi connectivity index (χ1n) is 7.28. The monoisotopic (exact) mass is 525 g/mol. The van der Waals surface area contributed by atoms with Crippen molar-refractivity contribution >= 4 is 56.5 Å². The zero-order valence-electron chi connectivity index (χ0n) is 13.3. The van der Waals surface area contributed by atoms with Crippen molar-refractivity contribution in [1.29, 1.82) is 5.26 Å². The molecule has 0 radical (unpaired) electrons. The lowest BCUT2D eigenvalue weighted by Gasteiger charge is -2.09. The Morgan fingerprint density at radius 2 is 1.96 bits per heavy atom. The molecule has 26 heavy (non-hydrogen) atoms. The minimum Gasteiger partial charge on any atom is -0.488 e. The van der Waals surface area contributed by atoms with Crippen LogP contribution in [0.2, 0.25) is 0 Å². The number of benzene rings is 2. The second-order valence-electron chi connectivity index (χ2n) is 5.09. The van der Waals surface area contributed by atoms with Crippen molar-refractivity contribution in [1.82, 2.24) is 5.32 Å². The van der Waals surface area contributed by atoms with Crippen LogP contribution in [0.15, 0.2) is 52.5 Å². The third-order valence-corrected chi connectivity index (χ3v) is 4.55. The molecular formula is C18H13BrIN3O3. The van der Waals surface area contributed by atoms with E-state index >= 15 is 0 Å². The van der Waals surface area contributed by atoms with E-state index in [2.05, 4.69) is 38.5 Å². The Bertz CT molecular complexity index is 905. The van der Waals surface area contributed by atoms with Crippen LogP contribution < -0.4 is 15.8 Å². The SMILES string of the molecule is N#C/C(=C/c1ccc(OCc2ccc(Br)cc2)c(I)c1)C(=O)NC(N)=O. The van der Waals surface area contributed by atoms with Gasteiger partial charge >= 0.3 is 6.03 Å². The minimum absolute atomic E-state index is 0.219. The molecule has 0 heterocycles. The molecule has 3 amide bonds. The number of carbonyl (C=O) groups excluding carboxylic acids is 2. The first-order valence-corrected chi connectivity index (χ1v) is 9.15. The molecule has 0 spiro atoms. The number of carbonyl (C=O) groups is 2. The van der Waals surface area contributed by atoms with E-state index in [9.17, 15) is 9.59 Å². The van der Waals surface area contributed by atoms with Crippen LogP contribution in [0.5, 0.6) is 5.75 Å². The first kappa shape index (κ1) is 19.9. The molecule has 0 unspecified atom stereocenters. The van der Waals surface area contributed by atoms with Gasteiger partial charge in [0.2, 0.25) is 0 Å². The summed E-state index contributed by atoms with van der Waals surface area (Å²) < 4.78 is 7.62. The fraction of sp³-hybridized carbons (Fsp3) is 0.0556. The molecule has 0 bridgehead atoms. The Labute approximate surface area is 172 Å². The normalized spacial score (nSPS) is 10.7. The highest BCUT2D eigenvalue weighted by atomic mass is 127. The van der Waals surface area contributed by atoms with Crippen LogP contribution in [-0.4, -0.2) is 11.9 Å². The lowest BCUT2D eigenvalue weighted by atomic mass is 10.1. The summed E-state index contributed by atoms with van der Waals surface area (Å²) in [5, 5.41) is 10.9. The number of nitrogens with one attached hydrogen (secondary N) is 1. The van der Waals surface area contributed by atoms with Gasteiger partial charge in [-0.1, -0.05) is 34.1 Å². The fourth-order valence-electron chi connectivity index (χ4n) is 1.96. The van der Waals surface area contributed by atoms with Gasteiger partial charge in [-0.3, -0.25) is 10.1 Å². The molecule has 0 aliphatic rings. The summed E-state index contributed by atoms with van der Waals surface area (Å²) >= 11 is 5.50. The lowest BCUT2D eigenvalue weighted by Crippen LogP contribution is -2.35. The molecule has 0 aliphatic carbocycles. The summed E-state index contributed by atoms with van der Waals surface area (Å²) in [6.45, 7) is 0.420. The smallest absolute Gasteiger partial charge is 0.319 e. The number of hydrogen-bond donors (Lipinski definition) is 2. The van der Waals surface area contributed by atoms with Crippen molar-refractivity contribution in [3.05, 3.63) is 67.2 Å². The van der Waals surface area contributed by atoms with E-state index in [-0.39, 0.29) is 5.57 Å². The summed E-state index contributed by atoms with van der Waals surface area (Å²) in [6, 6.07) is 13.8. The van der Waals surface area contributed by atoms with E-state index in [0.717, 1.165) is 13.6 Å². The van der Waals surface area contributed by atoms with Crippen LogP contribution >= 0.6 is 38.5 Å². The van der Waals surface area contributed by atoms with Crippen molar-refractivity contribution in [2.24, 2.45) is 5.73 Å². The number of imide groups is 1. The molecule has 2 aromatic rings. The molecule has 8 heteroatoms. The number of ether oxygens (including phenoxy) is 1. The molecular weight excluding hydrogens is 513 g/mol. The third-order valence-electron chi connectivity index (χ3n) is 3.18. The van der Waals surface area contributed by atoms with Gasteiger partial charge in [0.15, 0.2) is 0 Å². The molecule has 0 saturated carbocycles. The van der Waals surface area contributed by atoms with Gasteiger partial charge in [0.05, 0.1) is 3.57 Å². The standard InChI is InChI=1S/C18H13BrIN3O3/c19-14-4-1-11(2-5-14)10-26-16-6-3-12(8-15(16)20)7-13(9-21)17(24)23-18(22)25/h1-8H,10H2,(H3,22,23,24,25)/b13-7-. The van der Waals surface area contributed by atoms with Crippen molar-refractivity contribution in [3.8, 4) is 11.8 Å². The van der Waals surface area contributed by atoms with E-state index in [1.165, 1.54) is 6.08 Å². The third kappa shape index (κ3) is 5.86. The van der Waals surface area contributed by atoms with Gasteiger partial charge in [-0.25, -0.2) is 4.79 Å². The molecule has 132 valence electrons. The topological polar surface area (TPSA) is 105 Å². The Morgan fingerprint density at radius 1 is 1.27 bits per heavy atom. The average molecular weight is 526 g/mol. The van der Waals surface area contributed by atoms with E-state index in [1.54, 1.807) is 24.3 Å². The number of halogens is 2. The van der Waals surface area contributed by atoms with Crippen molar-refractivity contribution in [3.63, 3.8) is 0 Å². The molecule has 0 atom stereocenters. The largest absolute Gasteiger partial charge is 0.488 e. The first-order chi connectivity index (χ1) is 12.4. The molecule has 0 aliphatic heterocycles. The maximum atomic E-state index is 11.7. The molecule has 2 rings (SSSR count). The van der Waals surface area contributed by atoms with Gasteiger partial charge in [-0.15, -0.1) is 0 Å². The van der Waals surface area contributed by atoms with Crippen molar-refractivity contribution < 1.29 is 14.3 Å². The zero-order valence-corrected chi connectivity index (χ0v) is 17.1. The predicted molar refractivity (Wildman–Crippen MR) is 109 cm³/mol. The van der Waals surface area contributed by atoms with Gasteiger partial charge in [-0.2, -0.15) is 5.26 Å². The summed E-state index contributed by atoms with van der Waals surface area (Å²) in [4.78, 5) is 22.4. The molecule has 0 fully saturated rings. The Balaban J connectivity index is 2.11. The van der Waals surface area contributed by atoms with Crippen LogP contribution in [0.1, 0.15) is 11.1 Å². The van der Waals surface area contributed by atoms with Crippen molar-refractivity contribution in [2.75, 3.05) is 0 Å². The van der Waals surface area contributed by atoms with Crippen LogP contribution in [0.25, 0.3) is 6.08 Å². The van der Waals surface area contributed by atoms with Gasteiger partial charge in [-0.05, 0) is 64.1 Å². The van der Waals surface area contributed by atoms with Crippen LogP contribution in [0.3, 0.4) is 0 Å². The minimum atomic E-state index is -1.01. The number of amides is 3. The number of urea groups is 1. The molecule has 0 saturated heterocycles. The maximum Gasteiger partial charge on any atom is 0.319 e. The number of nitriles is 1. The quantitative estimate of drug-likeness (QED) is 0.352. The van der Waals surface area contributed by atoms with E-state index in [1.807, 2.05) is 29.6 Å². The Hall–Kier alpha value is -2.38. The predicted octanol–water partition coefficient (Wildman–Crippen LogP) is 3.73. The summed E-state index contributed by atoms with van der Waals surface area (Å²) in [6.07, 6.45) is 1.37. The van der Waals surface area contributed by atoms with Gasteiger partial charge in [0, 0.05) is 4.47 Å². The number of nitrogens with zero attached hydrogens (tertiary/aromatic N) is 1. The van der Waals surface area contributed by atoms with Gasteiger partial charge < -0.3 is 10.5 Å². The van der Waals surface area contributed by atoms with Gasteiger partial charge in [0.1, 0.15) is 24.0 Å². The van der Waals surface area contributed by atoms with Gasteiger partial charge in [0.25, 0.3) is 5.91 Å². The Kier molecular flexibility index (Phi) is 7.17. The number of nitrogens with two attached hydrogens (primary N) is 1. The highest BCUT2D eigenvalue weighted by Gasteiger charge is 2.11. The second kappa shape index (κ2) is 9.35. The highest BCUT2D eigenvalue weighted by Crippen LogP contribution is 2.24. The molecule has 3 N–H and O–H groups in total. The fourth-order valence-corrected chi connectivity index (χ4v) is 2.92. The van der Waals surface area contributed by atoms with Crippen molar-refractivity contribution in [2.45, 2.75) is 6.61 Å². The number of hydrogen-bond acceptors (Lipinski definition) is 4. The van der Waals surface area contributed by atoms with E-state index in [0.29, 0.717) is 17.9 Å². The maximum absolute atomic E-state index is 11.7.